The predicted octanol–water partition coefficient (Wildman–Crippen LogP) is 4.92. The fourth-order valence-corrected chi connectivity index (χ4v) is 3.16. The first-order chi connectivity index (χ1) is 9.75. The zero-order chi connectivity index (χ0) is 14.2. The molecule has 0 fully saturated rings. The molecule has 0 radical (unpaired) electrons. The summed E-state index contributed by atoms with van der Waals surface area (Å²) in [7, 11) is 0. The first kappa shape index (κ1) is 15.7. The summed E-state index contributed by atoms with van der Waals surface area (Å²) >= 11 is 13.9. The highest BCUT2D eigenvalue weighted by atomic mass is 35.5. The van der Waals surface area contributed by atoms with Crippen LogP contribution in [-0.4, -0.2) is 18.8 Å². The Morgan fingerprint density at radius 2 is 1.75 bits per heavy atom. The van der Waals surface area contributed by atoms with Gasteiger partial charge in [0.2, 0.25) is 0 Å². The number of nitrogens with one attached hydrogen (secondary N) is 1. The minimum absolute atomic E-state index is 0.686. The molecular weight excluding hydrogens is 309 g/mol. The van der Waals surface area contributed by atoms with Gasteiger partial charge < -0.3 is 5.32 Å². The predicted molar refractivity (Wildman–Crippen MR) is 90.2 cm³/mol. The van der Waals surface area contributed by atoms with Gasteiger partial charge in [-0.1, -0.05) is 47.5 Å². The normalized spacial score (nSPS) is 10.7. The highest BCUT2D eigenvalue weighted by molar-refractivity contribution is 7.99. The van der Waals surface area contributed by atoms with Gasteiger partial charge in [0.15, 0.2) is 0 Å². The lowest BCUT2D eigenvalue weighted by Crippen LogP contribution is -2.20. The van der Waals surface area contributed by atoms with E-state index in [9.17, 15) is 0 Å². The van der Waals surface area contributed by atoms with Gasteiger partial charge in [0.25, 0.3) is 0 Å². The van der Waals surface area contributed by atoms with Gasteiger partial charge in [-0.3, -0.25) is 0 Å². The summed E-state index contributed by atoms with van der Waals surface area (Å²) in [5, 5.41) is 4.87. The van der Waals surface area contributed by atoms with Crippen LogP contribution in [0.25, 0.3) is 0 Å². The van der Waals surface area contributed by atoms with Crippen molar-refractivity contribution in [1.29, 1.82) is 0 Å². The van der Waals surface area contributed by atoms with Crippen LogP contribution in [0.5, 0.6) is 0 Å². The summed E-state index contributed by atoms with van der Waals surface area (Å²) < 4.78 is 0. The molecule has 2 aromatic carbocycles. The van der Waals surface area contributed by atoms with Gasteiger partial charge in [-0.2, -0.15) is 0 Å². The SMILES string of the molecule is Clc1ccc(CCNCCSc2ccccc2)c(Cl)c1. The van der Waals surface area contributed by atoms with Crippen LogP contribution in [0.3, 0.4) is 0 Å². The van der Waals surface area contributed by atoms with Gasteiger partial charge in [0.1, 0.15) is 0 Å². The van der Waals surface area contributed by atoms with E-state index in [1.807, 2.05) is 30.0 Å². The van der Waals surface area contributed by atoms with Crippen molar-refractivity contribution in [2.75, 3.05) is 18.8 Å². The Labute approximate surface area is 134 Å². The Morgan fingerprint density at radius 3 is 2.50 bits per heavy atom. The van der Waals surface area contributed by atoms with E-state index in [4.69, 9.17) is 23.2 Å². The zero-order valence-corrected chi connectivity index (χ0v) is 13.4. The fraction of sp³-hybridized carbons (Fsp3) is 0.250. The highest BCUT2D eigenvalue weighted by Crippen LogP contribution is 2.21. The van der Waals surface area contributed by atoms with Crippen LogP contribution in [0, 0.1) is 0 Å². The molecule has 0 heterocycles. The molecule has 0 aliphatic heterocycles. The van der Waals surface area contributed by atoms with Gasteiger partial charge in [0.05, 0.1) is 0 Å². The molecule has 0 spiro atoms. The van der Waals surface area contributed by atoms with E-state index in [1.54, 1.807) is 6.07 Å². The standard InChI is InChI=1S/C16H17Cl2NS/c17-14-7-6-13(16(18)12-14)8-9-19-10-11-20-15-4-2-1-3-5-15/h1-7,12,19H,8-11H2. The second-order valence-electron chi connectivity index (χ2n) is 4.40. The Balaban J connectivity index is 1.62. The number of hydrogen-bond acceptors (Lipinski definition) is 2. The van der Waals surface area contributed by atoms with Crippen molar-refractivity contribution >= 4 is 35.0 Å². The molecule has 2 rings (SSSR count). The molecule has 0 amide bonds. The molecule has 0 saturated heterocycles. The van der Waals surface area contributed by atoms with E-state index >= 15 is 0 Å². The fourth-order valence-electron chi connectivity index (χ4n) is 1.83. The summed E-state index contributed by atoms with van der Waals surface area (Å²) in [4.78, 5) is 1.31. The Hall–Kier alpha value is -0.670. The lowest BCUT2D eigenvalue weighted by Gasteiger charge is -2.07. The van der Waals surface area contributed by atoms with E-state index in [2.05, 4.69) is 29.6 Å². The molecule has 0 saturated carbocycles. The Morgan fingerprint density at radius 1 is 0.950 bits per heavy atom. The molecule has 0 aromatic heterocycles. The summed E-state index contributed by atoms with van der Waals surface area (Å²) in [6.07, 6.45) is 0.923. The van der Waals surface area contributed by atoms with Crippen LogP contribution in [-0.2, 0) is 6.42 Å². The first-order valence-electron chi connectivity index (χ1n) is 6.58. The van der Waals surface area contributed by atoms with Crippen molar-refractivity contribution in [3.05, 3.63) is 64.1 Å². The molecule has 1 N–H and O–H groups in total. The van der Waals surface area contributed by atoms with E-state index < -0.39 is 0 Å². The second kappa shape index (κ2) is 8.58. The maximum absolute atomic E-state index is 6.13. The van der Waals surface area contributed by atoms with Crippen molar-refractivity contribution in [1.82, 2.24) is 5.32 Å². The average Bonchev–Trinajstić information content (AvgIpc) is 2.46. The van der Waals surface area contributed by atoms with Gasteiger partial charge in [-0.25, -0.2) is 0 Å². The van der Waals surface area contributed by atoms with Crippen LogP contribution < -0.4 is 5.32 Å². The van der Waals surface area contributed by atoms with Crippen molar-refractivity contribution in [3.8, 4) is 0 Å². The third-order valence-electron chi connectivity index (χ3n) is 2.88. The van der Waals surface area contributed by atoms with Crippen molar-refractivity contribution < 1.29 is 0 Å². The Kier molecular flexibility index (Phi) is 6.74. The van der Waals surface area contributed by atoms with E-state index in [0.717, 1.165) is 35.8 Å². The van der Waals surface area contributed by atoms with Crippen LogP contribution in [0.4, 0.5) is 0 Å². The third kappa shape index (κ3) is 5.37. The van der Waals surface area contributed by atoms with E-state index in [1.165, 1.54) is 4.90 Å². The topological polar surface area (TPSA) is 12.0 Å². The molecule has 4 heteroatoms. The van der Waals surface area contributed by atoms with Gasteiger partial charge in [-0.15, -0.1) is 11.8 Å². The molecule has 0 aliphatic rings. The minimum atomic E-state index is 0.686. The highest BCUT2D eigenvalue weighted by Gasteiger charge is 2.00. The molecule has 1 nitrogen and oxygen atoms in total. The van der Waals surface area contributed by atoms with Crippen LogP contribution in [0.2, 0.25) is 10.0 Å². The zero-order valence-electron chi connectivity index (χ0n) is 11.1. The van der Waals surface area contributed by atoms with Crippen LogP contribution in [0.1, 0.15) is 5.56 Å². The average molecular weight is 326 g/mol. The Bertz CT molecular complexity index is 531. The minimum Gasteiger partial charge on any atom is -0.316 e. The monoisotopic (exact) mass is 325 g/mol. The lowest BCUT2D eigenvalue weighted by atomic mass is 10.1. The number of halogens is 2. The van der Waals surface area contributed by atoms with Crippen molar-refractivity contribution in [2.45, 2.75) is 11.3 Å². The lowest BCUT2D eigenvalue weighted by molar-refractivity contribution is 0.721. The second-order valence-corrected chi connectivity index (χ2v) is 6.41. The molecule has 0 atom stereocenters. The molecule has 0 aliphatic carbocycles. The van der Waals surface area contributed by atoms with Gasteiger partial charge in [-0.05, 0) is 42.8 Å². The third-order valence-corrected chi connectivity index (χ3v) is 4.48. The van der Waals surface area contributed by atoms with Crippen molar-refractivity contribution in [3.63, 3.8) is 0 Å². The molecule has 20 heavy (non-hydrogen) atoms. The van der Waals surface area contributed by atoms with E-state index in [-0.39, 0.29) is 0 Å². The van der Waals surface area contributed by atoms with Gasteiger partial charge in [0, 0.05) is 27.2 Å². The molecule has 2 aromatic rings. The number of hydrogen-bond donors (Lipinski definition) is 1. The maximum atomic E-state index is 6.13. The summed E-state index contributed by atoms with van der Waals surface area (Å²) in [5.74, 6) is 1.07. The maximum Gasteiger partial charge on any atom is 0.0453 e. The molecular formula is C16H17Cl2NS. The first-order valence-corrected chi connectivity index (χ1v) is 8.32. The summed E-state index contributed by atoms with van der Waals surface area (Å²) in [6.45, 7) is 1.92. The smallest absolute Gasteiger partial charge is 0.0453 e. The quantitative estimate of drug-likeness (QED) is 0.573. The van der Waals surface area contributed by atoms with Crippen LogP contribution in [0.15, 0.2) is 53.4 Å². The largest absolute Gasteiger partial charge is 0.316 e. The molecule has 0 unspecified atom stereocenters. The van der Waals surface area contributed by atoms with Crippen molar-refractivity contribution in [2.24, 2.45) is 0 Å². The van der Waals surface area contributed by atoms with Crippen LogP contribution >= 0.6 is 35.0 Å². The summed E-state index contributed by atoms with van der Waals surface area (Å²) in [5.41, 5.74) is 1.14. The number of rotatable bonds is 7. The number of benzene rings is 2. The van der Waals surface area contributed by atoms with E-state index in [0.29, 0.717) is 5.02 Å². The van der Waals surface area contributed by atoms with Gasteiger partial charge >= 0.3 is 0 Å². The molecule has 0 bridgehead atoms. The summed E-state index contributed by atoms with van der Waals surface area (Å²) in [6, 6.07) is 16.1. The number of thioether (sulfide) groups is 1. The molecule has 106 valence electrons.